The number of thiazole rings is 1. The monoisotopic (exact) mass is 347 g/mol. The Labute approximate surface area is 142 Å². The molecule has 1 N–H and O–H groups in total. The third-order valence-electron chi connectivity index (χ3n) is 4.16. The Morgan fingerprint density at radius 3 is 2.67 bits per heavy atom. The van der Waals surface area contributed by atoms with E-state index in [0.717, 1.165) is 0 Å². The molecule has 24 heavy (non-hydrogen) atoms. The van der Waals surface area contributed by atoms with Crippen LogP contribution in [-0.2, 0) is 4.79 Å². The second-order valence-corrected chi connectivity index (χ2v) is 6.37. The zero-order chi connectivity index (χ0) is 17.2. The zero-order valence-corrected chi connectivity index (χ0v) is 14.0. The molecule has 1 saturated heterocycles. The average Bonchev–Trinajstić information content (AvgIpc) is 3.11. The number of nitrogens with zero attached hydrogens (tertiary/aromatic N) is 3. The number of ether oxygens (including phenoxy) is 1. The molecule has 0 bridgehead atoms. The van der Waals surface area contributed by atoms with Crippen LogP contribution < -0.4 is 4.74 Å². The van der Waals surface area contributed by atoms with E-state index in [1.807, 2.05) is 0 Å². The number of carboxylic acids is 1. The van der Waals surface area contributed by atoms with Crippen molar-refractivity contribution in [3.63, 3.8) is 0 Å². The maximum absolute atomic E-state index is 12.3. The number of rotatable bonds is 4. The van der Waals surface area contributed by atoms with Gasteiger partial charge in [-0.15, -0.1) is 11.3 Å². The highest BCUT2D eigenvalue weighted by molar-refractivity contribution is 7.07. The number of aromatic nitrogens is 2. The van der Waals surface area contributed by atoms with E-state index in [4.69, 9.17) is 4.74 Å². The predicted molar refractivity (Wildman–Crippen MR) is 87.2 cm³/mol. The lowest BCUT2D eigenvalue weighted by Crippen LogP contribution is -2.54. The molecular formula is C16H17N3O4S. The van der Waals surface area contributed by atoms with Crippen LogP contribution in [0.15, 0.2) is 29.2 Å². The molecule has 7 nitrogen and oxygen atoms in total. The van der Waals surface area contributed by atoms with Gasteiger partial charge in [-0.1, -0.05) is 0 Å². The first-order valence-electron chi connectivity index (χ1n) is 7.53. The van der Waals surface area contributed by atoms with E-state index in [1.165, 1.54) is 11.3 Å². The number of likely N-dealkylation sites (tertiary alicyclic amines) is 1. The fraction of sp³-hybridized carbons (Fsp3) is 0.375. The molecule has 0 radical (unpaired) electrons. The molecule has 0 unspecified atom stereocenters. The number of pyridine rings is 1. The lowest BCUT2D eigenvalue weighted by molar-refractivity contribution is -0.159. The fourth-order valence-corrected chi connectivity index (χ4v) is 3.22. The third kappa shape index (κ3) is 3.09. The summed E-state index contributed by atoms with van der Waals surface area (Å²) in [6.45, 7) is 2.38. The first-order chi connectivity index (χ1) is 11.5. The molecule has 0 saturated carbocycles. The van der Waals surface area contributed by atoms with Crippen molar-refractivity contribution in [1.82, 2.24) is 14.9 Å². The van der Waals surface area contributed by atoms with Gasteiger partial charge in [-0.05, 0) is 19.1 Å². The van der Waals surface area contributed by atoms with E-state index in [2.05, 4.69) is 9.97 Å². The van der Waals surface area contributed by atoms with Crippen LogP contribution in [0.3, 0.4) is 0 Å². The van der Waals surface area contributed by atoms with Gasteiger partial charge in [0.05, 0.1) is 11.2 Å². The Bertz CT molecular complexity index is 740. The topological polar surface area (TPSA) is 92.6 Å². The van der Waals surface area contributed by atoms with Crippen molar-refractivity contribution in [2.75, 3.05) is 13.1 Å². The number of carbonyl (C=O) groups is 2. The van der Waals surface area contributed by atoms with E-state index < -0.39 is 11.6 Å². The van der Waals surface area contributed by atoms with Crippen molar-refractivity contribution < 1.29 is 19.4 Å². The van der Waals surface area contributed by atoms with Crippen LogP contribution in [-0.4, -0.2) is 50.5 Å². The minimum absolute atomic E-state index is 0.173. The molecular weight excluding hydrogens is 330 g/mol. The van der Waals surface area contributed by atoms with Crippen LogP contribution in [0.5, 0.6) is 5.75 Å². The molecule has 1 amide bonds. The summed E-state index contributed by atoms with van der Waals surface area (Å²) in [5.74, 6) is -0.738. The van der Waals surface area contributed by atoms with Gasteiger partial charge < -0.3 is 14.7 Å². The smallest absolute Gasteiger partial charge is 0.348 e. The van der Waals surface area contributed by atoms with E-state index in [1.54, 1.807) is 41.0 Å². The first kappa shape index (κ1) is 16.4. The molecule has 3 rings (SSSR count). The summed E-state index contributed by atoms with van der Waals surface area (Å²) >= 11 is 1.36. The largest absolute Gasteiger partial charge is 0.478 e. The Balaban J connectivity index is 1.74. The highest BCUT2D eigenvalue weighted by Gasteiger charge is 2.45. The summed E-state index contributed by atoms with van der Waals surface area (Å²) in [4.78, 5) is 33.9. The van der Waals surface area contributed by atoms with Crippen LogP contribution in [0.25, 0.3) is 0 Å². The van der Waals surface area contributed by atoms with E-state index >= 15 is 0 Å². The highest BCUT2D eigenvalue weighted by Crippen LogP contribution is 2.31. The minimum Gasteiger partial charge on any atom is -0.478 e. The maximum atomic E-state index is 12.3. The Kier molecular flexibility index (Phi) is 4.48. The normalized spacial score (nSPS) is 16.6. The van der Waals surface area contributed by atoms with E-state index in [0.29, 0.717) is 30.2 Å². The summed E-state index contributed by atoms with van der Waals surface area (Å²) in [5.41, 5.74) is 1.30. The van der Waals surface area contributed by atoms with Crippen molar-refractivity contribution >= 4 is 23.2 Å². The van der Waals surface area contributed by atoms with Gasteiger partial charge >= 0.3 is 5.97 Å². The van der Waals surface area contributed by atoms with Gasteiger partial charge in [-0.2, -0.15) is 0 Å². The van der Waals surface area contributed by atoms with Gasteiger partial charge in [-0.3, -0.25) is 9.78 Å². The Hall–Kier alpha value is -2.48. The van der Waals surface area contributed by atoms with E-state index in [-0.39, 0.29) is 18.7 Å². The lowest BCUT2D eigenvalue weighted by Gasteiger charge is -2.38. The lowest BCUT2D eigenvalue weighted by atomic mass is 9.91. The summed E-state index contributed by atoms with van der Waals surface area (Å²) in [6.07, 6.45) is 2.06. The molecule has 8 heteroatoms. The molecule has 0 aliphatic carbocycles. The fourth-order valence-electron chi connectivity index (χ4n) is 2.70. The summed E-state index contributed by atoms with van der Waals surface area (Å²) in [5, 5.41) is 11.4. The number of hydrogen-bond acceptors (Lipinski definition) is 6. The molecule has 1 aliphatic rings. The van der Waals surface area contributed by atoms with Crippen LogP contribution in [0.4, 0.5) is 0 Å². The summed E-state index contributed by atoms with van der Waals surface area (Å²) in [7, 11) is 0. The quantitative estimate of drug-likeness (QED) is 0.909. The van der Waals surface area contributed by atoms with Gasteiger partial charge in [-0.25, -0.2) is 9.78 Å². The van der Waals surface area contributed by atoms with Crippen LogP contribution in [0.1, 0.15) is 29.0 Å². The van der Waals surface area contributed by atoms with Gasteiger partial charge in [0.1, 0.15) is 11.4 Å². The number of amides is 1. The minimum atomic E-state index is -1.34. The number of carbonyl (C=O) groups excluding carboxylic acids is 1. The van der Waals surface area contributed by atoms with Crippen molar-refractivity contribution in [3.8, 4) is 5.75 Å². The van der Waals surface area contributed by atoms with Gasteiger partial charge in [0.15, 0.2) is 0 Å². The summed E-state index contributed by atoms with van der Waals surface area (Å²) < 4.78 is 5.84. The van der Waals surface area contributed by atoms with E-state index in [9.17, 15) is 14.7 Å². The molecule has 126 valence electrons. The molecule has 2 aromatic heterocycles. The molecule has 0 spiro atoms. The van der Waals surface area contributed by atoms with Crippen LogP contribution >= 0.6 is 11.3 Å². The molecule has 2 aromatic rings. The predicted octanol–water partition coefficient (Wildman–Crippen LogP) is 1.98. The van der Waals surface area contributed by atoms with Crippen molar-refractivity contribution in [2.45, 2.75) is 25.4 Å². The average molecular weight is 347 g/mol. The van der Waals surface area contributed by atoms with Crippen molar-refractivity contribution in [2.24, 2.45) is 0 Å². The Morgan fingerprint density at radius 2 is 2.08 bits per heavy atom. The third-order valence-corrected chi connectivity index (χ3v) is 4.75. The maximum Gasteiger partial charge on any atom is 0.348 e. The molecule has 0 atom stereocenters. The summed E-state index contributed by atoms with van der Waals surface area (Å²) in [6, 6.07) is 3.42. The number of aryl methyl sites for hydroxylation is 1. The number of carboxylic acid groups (broad SMARTS) is 1. The van der Waals surface area contributed by atoms with Crippen molar-refractivity contribution in [3.05, 3.63) is 40.6 Å². The first-order valence-corrected chi connectivity index (χ1v) is 8.48. The number of piperidine rings is 1. The van der Waals surface area contributed by atoms with Gasteiger partial charge in [0.25, 0.3) is 5.91 Å². The number of aliphatic carboxylic acids is 1. The van der Waals surface area contributed by atoms with Gasteiger partial charge in [0, 0.05) is 37.5 Å². The molecule has 0 aromatic carbocycles. The molecule has 1 fully saturated rings. The second kappa shape index (κ2) is 6.56. The highest BCUT2D eigenvalue weighted by atomic mass is 32.1. The molecule has 3 heterocycles. The van der Waals surface area contributed by atoms with Crippen LogP contribution in [0.2, 0.25) is 0 Å². The molecule has 1 aliphatic heterocycles. The SMILES string of the molecule is Cc1ncccc1OC1(C(=O)O)CCN(C(=O)c2cscn2)CC1. The number of hydrogen-bond donors (Lipinski definition) is 1. The van der Waals surface area contributed by atoms with Crippen LogP contribution in [0, 0.1) is 6.92 Å². The zero-order valence-electron chi connectivity index (χ0n) is 13.1. The van der Waals surface area contributed by atoms with Gasteiger partial charge in [0.2, 0.25) is 5.60 Å². The van der Waals surface area contributed by atoms with Crippen molar-refractivity contribution in [1.29, 1.82) is 0 Å². The standard InChI is InChI=1S/C16H17N3O4S/c1-11-13(3-2-6-17-11)23-16(15(21)22)4-7-19(8-5-16)14(20)12-9-24-10-18-12/h2-3,6,9-10H,4-5,7-8H2,1H3,(H,21,22). The second-order valence-electron chi connectivity index (χ2n) is 5.65. The Morgan fingerprint density at radius 1 is 1.33 bits per heavy atom.